The van der Waals surface area contributed by atoms with Crippen molar-refractivity contribution in [3.05, 3.63) is 44.4 Å². The summed E-state index contributed by atoms with van der Waals surface area (Å²) in [4.78, 5) is 0. The van der Waals surface area contributed by atoms with E-state index in [2.05, 4.69) is 38.2 Å². The Kier molecular flexibility index (Phi) is 3.66. The van der Waals surface area contributed by atoms with Crippen molar-refractivity contribution in [3.8, 4) is 0 Å². The minimum absolute atomic E-state index is 0.915. The topological polar surface area (TPSA) is 0 Å². The molecule has 0 atom stereocenters. The second kappa shape index (κ2) is 5.01. The Hall–Kier alpha value is -0.521. The van der Waals surface area contributed by atoms with Crippen LogP contribution in [0.2, 0.25) is 0 Å². The van der Waals surface area contributed by atoms with Gasteiger partial charge in [-0.25, -0.2) is 0 Å². The number of allylic oxidation sites excluding steroid dienone is 8. The van der Waals surface area contributed by atoms with E-state index in [-0.39, 0.29) is 0 Å². The van der Waals surface area contributed by atoms with E-state index in [9.17, 15) is 0 Å². The molecule has 0 aromatic rings. The van der Waals surface area contributed by atoms with Crippen molar-refractivity contribution in [1.82, 2.24) is 0 Å². The van der Waals surface area contributed by atoms with Gasteiger partial charge in [-0.15, -0.1) is 0 Å². The van der Waals surface area contributed by atoms with Crippen LogP contribution in [0.1, 0.15) is 39.5 Å². The third-order valence-corrected chi connectivity index (χ3v) is 4.87. The van der Waals surface area contributed by atoms with E-state index in [4.69, 9.17) is 0 Å². The fourth-order valence-corrected chi connectivity index (χ4v) is 3.95. The maximum absolute atomic E-state index is 2.32. The fraction of sp³-hybridized carbons (Fsp3) is 0.429. The van der Waals surface area contributed by atoms with Gasteiger partial charge in [0, 0.05) is 0 Å². The SMILES string of the molecule is CCC1=[C]([Mn][C]2=C(CC)C=CC2)CC=C1. The third-order valence-electron chi connectivity index (χ3n) is 2.92. The van der Waals surface area contributed by atoms with Gasteiger partial charge in [-0.05, 0) is 0 Å². The van der Waals surface area contributed by atoms with Gasteiger partial charge in [0.1, 0.15) is 0 Å². The van der Waals surface area contributed by atoms with Crippen molar-refractivity contribution in [3.63, 3.8) is 0 Å². The molecule has 0 aliphatic heterocycles. The summed E-state index contributed by atoms with van der Waals surface area (Å²) in [6, 6.07) is 0. The molecule has 0 fully saturated rings. The van der Waals surface area contributed by atoms with E-state index in [1.54, 1.807) is 20.1 Å². The molecular weight excluding hydrogens is 223 g/mol. The Morgan fingerprint density at radius 3 is 1.80 bits per heavy atom. The van der Waals surface area contributed by atoms with Crippen molar-refractivity contribution in [2.75, 3.05) is 0 Å². The average Bonchev–Trinajstić information content (AvgIpc) is 2.87. The summed E-state index contributed by atoms with van der Waals surface area (Å²) in [5.41, 5.74) is 3.18. The zero-order valence-corrected chi connectivity index (χ0v) is 10.7. The molecule has 0 nitrogen and oxygen atoms in total. The Morgan fingerprint density at radius 1 is 0.933 bits per heavy atom. The van der Waals surface area contributed by atoms with Crippen LogP contribution in [-0.2, 0) is 15.0 Å². The standard InChI is InChI=1S/2C7H9.Mn/c2*1-2-7-5-3-4-6-7;/h2*3,5H,2,4H2,1H3;. The van der Waals surface area contributed by atoms with E-state index in [1.807, 2.05) is 0 Å². The first-order valence-corrected chi connectivity index (χ1v) is 6.95. The summed E-state index contributed by atoms with van der Waals surface area (Å²) in [5.74, 6) is 0. The van der Waals surface area contributed by atoms with Gasteiger partial charge in [0.15, 0.2) is 0 Å². The maximum atomic E-state index is 2.32. The summed E-state index contributed by atoms with van der Waals surface area (Å²) in [5, 5.41) is 0. The van der Waals surface area contributed by atoms with Crippen LogP contribution in [0.15, 0.2) is 44.4 Å². The van der Waals surface area contributed by atoms with Gasteiger partial charge in [-0.2, -0.15) is 0 Å². The Balaban J connectivity index is 2.10. The van der Waals surface area contributed by atoms with Gasteiger partial charge in [-0.3, -0.25) is 0 Å². The van der Waals surface area contributed by atoms with Gasteiger partial charge in [0.2, 0.25) is 0 Å². The number of hydrogen-bond acceptors (Lipinski definition) is 0. The minimum atomic E-state index is 0.915. The summed E-state index contributed by atoms with van der Waals surface area (Å²) in [7, 11) is 0. The molecule has 0 amide bonds. The molecule has 0 saturated carbocycles. The zero-order valence-electron chi connectivity index (χ0n) is 9.52. The third kappa shape index (κ3) is 2.35. The number of hydrogen-bond donors (Lipinski definition) is 0. The average molecular weight is 241 g/mol. The molecular formula is C14H18Mn. The monoisotopic (exact) mass is 241 g/mol. The predicted molar refractivity (Wildman–Crippen MR) is 62.1 cm³/mol. The van der Waals surface area contributed by atoms with E-state index in [1.165, 1.54) is 25.7 Å². The van der Waals surface area contributed by atoms with Crippen LogP contribution in [0.5, 0.6) is 0 Å². The van der Waals surface area contributed by atoms with Gasteiger partial charge < -0.3 is 0 Å². The molecule has 1 heteroatoms. The van der Waals surface area contributed by atoms with Crippen LogP contribution in [0, 0.1) is 0 Å². The summed E-state index contributed by atoms with van der Waals surface area (Å²) in [6.45, 7) is 4.52. The van der Waals surface area contributed by atoms with Crippen molar-refractivity contribution < 1.29 is 15.0 Å². The fourth-order valence-electron chi connectivity index (χ4n) is 2.01. The van der Waals surface area contributed by atoms with E-state index < -0.39 is 0 Å². The quantitative estimate of drug-likeness (QED) is 0.643. The summed E-state index contributed by atoms with van der Waals surface area (Å²) < 4.78 is 3.37. The first kappa shape index (κ1) is 11.0. The van der Waals surface area contributed by atoms with Crippen molar-refractivity contribution in [1.29, 1.82) is 0 Å². The molecule has 0 bridgehead atoms. The first-order chi connectivity index (χ1) is 7.35. The van der Waals surface area contributed by atoms with Crippen LogP contribution < -0.4 is 0 Å². The molecule has 15 heavy (non-hydrogen) atoms. The Labute approximate surface area is 99.0 Å². The van der Waals surface area contributed by atoms with Crippen LogP contribution in [0.4, 0.5) is 0 Å². The molecule has 0 spiro atoms. The molecule has 0 saturated heterocycles. The molecule has 0 aromatic heterocycles. The van der Waals surface area contributed by atoms with Gasteiger partial charge in [0.05, 0.1) is 0 Å². The summed E-state index contributed by atoms with van der Waals surface area (Å²) in [6.07, 6.45) is 14.1. The van der Waals surface area contributed by atoms with E-state index >= 15 is 0 Å². The van der Waals surface area contributed by atoms with Crippen LogP contribution in [0.3, 0.4) is 0 Å². The molecule has 0 radical (unpaired) electrons. The number of rotatable bonds is 4. The van der Waals surface area contributed by atoms with Gasteiger partial charge in [0.25, 0.3) is 0 Å². The molecule has 81 valence electrons. The van der Waals surface area contributed by atoms with Crippen molar-refractivity contribution in [2.45, 2.75) is 39.5 Å². The molecule has 0 heterocycles. The zero-order chi connectivity index (χ0) is 10.7. The second-order valence-electron chi connectivity index (χ2n) is 3.87. The summed E-state index contributed by atoms with van der Waals surface area (Å²) >= 11 is 0.915. The molecule has 2 rings (SSSR count). The van der Waals surface area contributed by atoms with Crippen LogP contribution in [-0.4, -0.2) is 0 Å². The molecule has 0 N–H and O–H groups in total. The molecule has 0 unspecified atom stereocenters. The Bertz CT molecular complexity index is 331. The second-order valence-corrected chi connectivity index (χ2v) is 5.59. The molecule has 0 aromatic carbocycles. The first-order valence-electron chi connectivity index (χ1n) is 5.77. The van der Waals surface area contributed by atoms with E-state index in [0.717, 1.165) is 15.0 Å². The van der Waals surface area contributed by atoms with Crippen LogP contribution >= 0.6 is 0 Å². The van der Waals surface area contributed by atoms with E-state index in [0.29, 0.717) is 0 Å². The van der Waals surface area contributed by atoms with Gasteiger partial charge >= 0.3 is 98.9 Å². The van der Waals surface area contributed by atoms with Crippen molar-refractivity contribution >= 4 is 0 Å². The van der Waals surface area contributed by atoms with Gasteiger partial charge in [-0.1, -0.05) is 0 Å². The Morgan fingerprint density at radius 2 is 1.40 bits per heavy atom. The van der Waals surface area contributed by atoms with Crippen molar-refractivity contribution in [2.24, 2.45) is 0 Å². The normalized spacial score (nSPS) is 19.9. The van der Waals surface area contributed by atoms with Crippen LogP contribution in [0.25, 0.3) is 0 Å². The molecule has 2 aliphatic carbocycles. The predicted octanol–water partition coefficient (Wildman–Crippen LogP) is 4.32. The molecule has 2 aliphatic rings.